The Morgan fingerprint density at radius 3 is 2.77 bits per heavy atom. The Kier molecular flexibility index (Phi) is 6.10. The van der Waals surface area contributed by atoms with Crippen LogP contribution >= 0.6 is 11.3 Å². The van der Waals surface area contributed by atoms with Gasteiger partial charge < -0.3 is 5.32 Å². The summed E-state index contributed by atoms with van der Waals surface area (Å²) in [6, 6.07) is 5.10. The molecule has 2 aromatic rings. The number of carbonyl (C=O) groups is 1. The van der Waals surface area contributed by atoms with Gasteiger partial charge in [-0.2, -0.15) is 9.40 Å². The Bertz CT molecular complexity index is 851. The van der Waals surface area contributed by atoms with E-state index in [0.29, 0.717) is 23.1 Å². The summed E-state index contributed by atoms with van der Waals surface area (Å²) in [6.45, 7) is 4.03. The van der Waals surface area contributed by atoms with Gasteiger partial charge in [0.25, 0.3) is 10.0 Å². The smallest absolute Gasteiger partial charge is 0.252 e. The van der Waals surface area contributed by atoms with E-state index in [-0.39, 0.29) is 12.3 Å². The SMILES string of the molecule is CCCCn1nccc1NC(=O)Cc1ccc(S(=O)(=O)N2CCCC2)s1. The van der Waals surface area contributed by atoms with Crippen LogP contribution in [-0.2, 0) is 27.8 Å². The molecule has 0 unspecified atom stereocenters. The van der Waals surface area contributed by atoms with E-state index < -0.39 is 10.0 Å². The number of nitrogens with one attached hydrogen (secondary N) is 1. The molecule has 1 amide bonds. The maximum absolute atomic E-state index is 12.6. The number of carbonyl (C=O) groups excluding carboxylic acids is 1. The molecule has 1 aliphatic heterocycles. The molecular weight excluding hydrogens is 372 g/mol. The summed E-state index contributed by atoms with van der Waals surface area (Å²) in [4.78, 5) is 13.1. The maximum Gasteiger partial charge on any atom is 0.252 e. The number of thiophene rings is 1. The standard InChI is InChI=1S/C17H24N4O3S2/c1-2-3-12-21-15(8-9-18-21)19-16(22)13-14-6-7-17(25-14)26(23,24)20-10-4-5-11-20/h6-9H,2-5,10-13H2,1H3,(H,19,22). The number of amides is 1. The van der Waals surface area contributed by atoms with Crippen LogP contribution in [0.15, 0.2) is 28.6 Å². The quantitative estimate of drug-likeness (QED) is 0.743. The van der Waals surface area contributed by atoms with Crippen LogP contribution in [0.1, 0.15) is 37.5 Å². The van der Waals surface area contributed by atoms with Crippen LogP contribution in [-0.4, -0.2) is 41.5 Å². The summed E-state index contributed by atoms with van der Waals surface area (Å²) >= 11 is 1.17. The number of hydrogen-bond acceptors (Lipinski definition) is 5. The number of hydrogen-bond donors (Lipinski definition) is 1. The van der Waals surface area contributed by atoms with Crippen molar-refractivity contribution in [1.29, 1.82) is 0 Å². The Labute approximate surface area is 158 Å². The van der Waals surface area contributed by atoms with E-state index in [1.807, 2.05) is 0 Å². The number of nitrogens with zero attached hydrogens (tertiary/aromatic N) is 3. The zero-order valence-corrected chi connectivity index (χ0v) is 16.5. The predicted octanol–water partition coefficient (Wildman–Crippen LogP) is 2.71. The summed E-state index contributed by atoms with van der Waals surface area (Å²) in [6.07, 6.45) is 5.68. The molecule has 0 bridgehead atoms. The highest BCUT2D eigenvalue weighted by atomic mass is 32.2. The molecule has 0 saturated carbocycles. The van der Waals surface area contributed by atoms with Gasteiger partial charge in [0.15, 0.2) is 0 Å². The third kappa shape index (κ3) is 4.33. The maximum atomic E-state index is 12.6. The summed E-state index contributed by atoms with van der Waals surface area (Å²) < 4.78 is 28.7. The minimum absolute atomic E-state index is 0.152. The molecule has 0 atom stereocenters. The van der Waals surface area contributed by atoms with Gasteiger partial charge in [-0.25, -0.2) is 13.1 Å². The number of aryl methyl sites for hydroxylation is 1. The molecule has 142 valence electrons. The molecule has 26 heavy (non-hydrogen) atoms. The first-order valence-electron chi connectivity index (χ1n) is 8.91. The molecular formula is C17H24N4O3S2. The van der Waals surface area contributed by atoms with Crippen LogP contribution < -0.4 is 5.32 Å². The van der Waals surface area contributed by atoms with E-state index in [2.05, 4.69) is 17.3 Å². The number of unbranched alkanes of at least 4 members (excludes halogenated alkanes) is 1. The highest BCUT2D eigenvalue weighted by molar-refractivity contribution is 7.91. The molecule has 3 rings (SSSR count). The lowest BCUT2D eigenvalue weighted by atomic mass is 10.3. The van der Waals surface area contributed by atoms with Crippen molar-refractivity contribution in [2.45, 2.75) is 49.8 Å². The molecule has 0 aliphatic carbocycles. The second-order valence-corrected chi connectivity index (χ2v) is 9.68. The third-order valence-electron chi connectivity index (χ3n) is 4.34. The Morgan fingerprint density at radius 1 is 1.27 bits per heavy atom. The van der Waals surface area contributed by atoms with Crippen molar-refractivity contribution in [3.05, 3.63) is 29.3 Å². The fourth-order valence-corrected chi connectivity index (χ4v) is 5.94. The van der Waals surface area contributed by atoms with Gasteiger partial charge in [-0.05, 0) is 31.4 Å². The van der Waals surface area contributed by atoms with Crippen molar-refractivity contribution in [2.75, 3.05) is 18.4 Å². The molecule has 1 saturated heterocycles. The van der Waals surface area contributed by atoms with Gasteiger partial charge in [0.2, 0.25) is 5.91 Å². The first-order valence-corrected chi connectivity index (χ1v) is 11.2. The van der Waals surface area contributed by atoms with Crippen molar-refractivity contribution in [1.82, 2.24) is 14.1 Å². The van der Waals surface area contributed by atoms with Gasteiger partial charge in [-0.1, -0.05) is 13.3 Å². The third-order valence-corrected chi connectivity index (χ3v) is 7.79. The summed E-state index contributed by atoms with van der Waals surface area (Å²) in [5, 5.41) is 7.07. The van der Waals surface area contributed by atoms with Crippen molar-refractivity contribution >= 4 is 33.1 Å². The average molecular weight is 397 g/mol. The van der Waals surface area contributed by atoms with E-state index in [9.17, 15) is 13.2 Å². The van der Waals surface area contributed by atoms with Crippen molar-refractivity contribution in [3.63, 3.8) is 0 Å². The average Bonchev–Trinajstić information content (AvgIpc) is 3.35. The lowest BCUT2D eigenvalue weighted by Crippen LogP contribution is -2.27. The van der Waals surface area contributed by atoms with E-state index in [1.54, 1.807) is 29.1 Å². The van der Waals surface area contributed by atoms with E-state index in [0.717, 1.165) is 37.1 Å². The van der Waals surface area contributed by atoms with Gasteiger partial charge in [0, 0.05) is 30.6 Å². The highest BCUT2D eigenvalue weighted by Gasteiger charge is 2.28. The monoisotopic (exact) mass is 396 g/mol. The summed E-state index contributed by atoms with van der Waals surface area (Å²) in [7, 11) is -3.41. The first-order chi connectivity index (χ1) is 12.5. The van der Waals surface area contributed by atoms with Crippen molar-refractivity contribution in [3.8, 4) is 0 Å². The molecule has 9 heteroatoms. The van der Waals surface area contributed by atoms with Crippen molar-refractivity contribution in [2.24, 2.45) is 0 Å². The molecule has 0 spiro atoms. The van der Waals surface area contributed by atoms with E-state index in [4.69, 9.17) is 0 Å². The van der Waals surface area contributed by atoms with Crippen LogP contribution in [0.3, 0.4) is 0 Å². The van der Waals surface area contributed by atoms with E-state index in [1.165, 1.54) is 15.6 Å². The molecule has 1 N–H and O–H groups in total. The molecule has 0 aromatic carbocycles. The van der Waals surface area contributed by atoms with Crippen LogP contribution in [0.25, 0.3) is 0 Å². The lowest BCUT2D eigenvalue weighted by molar-refractivity contribution is -0.115. The fraction of sp³-hybridized carbons (Fsp3) is 0.529. The van der Waals surface area contributed by atoms with Gasteiger partial charge in [0.05, 0.1) is 12.6 Å². The topological polar surface area (TPSA) is 84.3 Å². The van der Waals surface area contributed by atoms with Crippen LogP contribution in [0.5, 0.6) is 0 Å². The zero-order valence-electron chi connectivity index (χ0n) is 14.8. The Hall–Kier alpha value is -1.71. The first kappa shape index (κ1) is 19.1. The Morgan fingerprint density at radius 2 is 2.04 bits per heavy atom. The number of anilines is 1. The minimum atomic E-state index is -3.41. The second-order valence-electron chi connectivity index (χ2n) is 6.35. The second kappa shape index (κ2) is 8.32. The highest BCUT2D eigenvalue weighted by Crippen LogP contribution is 2.27. The Balaban J connectivity index is 1.62. The van der Waals surface area contributed by atoms with Crippen LogP contribution in [0, 0.1) is 0 Å². The van der Waals surface area contributed by atoms with Crippen LogP contribution in [0.4, 0.5) is 5.82 Å². The largest absolute Gasteiger partial charge is 0.311 e. The predicted molar refractivity (Wildman–Crippen MR) is 102 cm³/mol. The van der Waals surface area contributed by atoms with E-state index >= 15 is 0 Å². The summed E-state index contributed by atoms with van der Waals surface area (Å²) in [5.41, 5.74) is 0. The number of sulfonamides is 1. The molecule has 1 aliphatic rings. The summed E-state index contributed by atoms with van der Waals surface area (Å²) in [5.74, 6) is 0.500. The number of aromatic nitrogens is 2. The molecule has 3 heterocycles. The molecule has 7 nitrogen and oxygen atoms in total. The lowest BCUT2D eigenvalue weighted by Gasteiger charge is -2.13. The molecule has 2 aromatic heterocycles. The van der Waals surface area contributed by atoms with Crippen molar-refractivity contribution < 1.29 is 13.2 Å². The minimum Gasteiger partial charge on any atom is -0.311 e. The normalized spacial score (nSPS) is 15.4. The van der Waals surface area contributed by atoms with Gasteiger partial charge >= 0.3 is 0 Å². The van der Waals surface area contributed by atoms with Gasteiger partial charge in [0.1, 0.15) is 10.0 Å². The number of rotatable bonds is 8. The van der Waals surface area contributed by atoms with Crippen LogP contribution in [0.2, 0.25) is 0 Å². The molecule has 1 fully saturated rings. The van der Waals surface area contributed by atoms with Gasteiger partial charge in [-0.15, -0.1) is 11.3 Å². The van der Waals surface area contributed by atoms with Gasteiger partial charge in [-0.3, -0.25) is 4.79 Å². The fourth-order valence-electron chi connectivity index (χ4n) is 2.92. The molecule has 0 radical (unpaired) electrons. The zero-order chi connectivity index (χ0) is 18.6.